The summed E-state index contributed by atoms with van der Waals surface area (Å²) >= 11 is 0. The van der Waals surface area contributed by atoms with Crippen molar-refractivity contribution in [3.8, 4) is 5.75 Å². The number of nitrogens with zero attached hydrogens (tertiary/aromatic N) is 3. The highest BCUT2D eigenvalue weighted by molar-refractivity contribution is 6.21. The Morgan fingerprint density at radius 3 is 2.40 bits per heavy atom. The molecule has 0 saturated carbocycles. The second-order valence-electron chi connectivity index (χ2n) is 9.66. The van der Waals surface area contributed by atoms with Gasteiger partial charge in [0.2, 0.25) is 6.17 Å². The maximum Gasteiger partial charge on any atom is 0.321 e. The van der Waals surface area contributed by atoms with Crippen molar-refractivity contribution in [1.29, 1.82) is 0 Å². The molecule has 43 heavy (non-hydrogen) atoms. The summed E-state index contributed by atoms with van der Waals surface area (Å²) in [6.07, 6.45) is -1.47. The largest absolute Gasteiger partial charge is 0.496 e. The van der Waals surface area contributed by atoms with Gasteiger partial charge in [0.15, 0.2) is 5.78 Å². The summed E-state index contributed by atoms with van der Waals surface area (Å²) in [6.45, 7) is 1.51. The molecule has 0 spiro atoms. The van der Waals surface area contributed by atoms with Gasteiger partial charge in [0, 0.05) is 16.7 Å². The molecule has 1 aliphatic rings. The lowest BCUT2D eigenvalue weighted by atomic mass is 9.99. The zero-order valence-electron chi connectivity index (χ0n) is 23.3. The van der Waals surface area contributed by atoms with Gasteiger partial charge in [-0.05, 0) is 30.7 Å². The average molecular weight is 578 g/mol. The molecule has 0 radical (unpaired) electrons. The SMILES string of the molecule is COc1ccc(NC(=O)NC2N=C(c3ccccc3)c3ccccc3N(CC(=O)c3ccccc3C)C2=O)c([N+](=O)[O-])c1. The van der Waals surface area contributed by atoms with Gasteiger partial charge >= 0.3 is 6.03 Å². The van der Waals surface area contributed by atoms with Gasteiger partial charge in [-0.15, -0.1) is 0 Å². The van der Waals surface area contributed by atoms with Gasteiger partial charge in [-0.25, -0.2) is 9.79 Å². The molecule has 0 bridgehead atoms. The van der Waals surface area contributed by atoms with Crippen molar-refractivity contribution < 1.29 is 24.0 Å². The van der Waals surface area contributed by atoms with Crippen molar-refractivity contribution in [1.82, 2.24) is 5.32 Å². The number of carbonyl (C=O) groups is 3. The highest BCUT2D eigenvalue weighted by atomic mass is 16.6. The fourth-order valence-corrected chi connectivity index (χ4v) is 4.80. The van der Waals surface area contributed by atoms with Gasteiger partial charge in [0.05, 0.1) is 36.0 Å². The van der Waals surface area contributed by atoms with Gasteiger partial charge in [-0.2, -0.15) is 0 Å². The average Bonchev–Trinajstić information content (AvgIpc) is 3.12. The smallest absolute Gasteiger partial charge is 0.321 e. The second-order valence-corrected chi connectivity index (χ2v) is 9.66. The fourth-order valence-electron chi connectivity index (χ4n) is 4.80. The van der Waals surface area contributed by atoms with Crippen LogP contribution in [0.15, 0.2) is 102 Å². The molecule has 3 amide bonds. The van der Waals surface area contributed by atoms with Crippen LogP contribution in [0.5, 0.6) is 5.75 Å². The van der Waals surface area contributed by atoms with Crippen LogP contribution in [0.4, 0.5) is 21.9 Å². The monoisotopic (exact) mass is 577 g/mol. The van der Waals surface area contributed by atoms with Crippen LogP contribution in [0.1, 0.15) is 27.0 Å². The number of benzodiazepines with no additional fused rings is 1. The molecule has 0 saturated heterocycles. The van der Waals surface area contributed by atoms with Gasteiger partial charge < -0.3 is 20.3 Å². The van der Waals surface area contributed by atoms with Crippen LogP contribution in [-0.2, 0) is 4.79 Å². The number of carbonyl (C=O) groups excluding carboxylic acids is 3. The molecule has 1 heterocycles. The van der Waals surface area contributed by atoms with E-state index < -0.39 is 28.7 Å². The van der Waals surface area contributed by atoms with E-state index in [-0.39, 0.29) is 23.8 Å². The molecule has 4 aromatic carbocycles. The second kappa shape index (κ2) is 12.4. The third-order valence-electron chi connectivity index (χ3n) is 6.92. The standard InChI is InChI=1S/C32H27N5O6/c1-20-10-6-7-13-23(20)28(38)19-36-26-15-9-8-14-24(26)29(21-11-4-3-5-12-21)34-30(31(36)39)35-32(40)33-25-17-16-22(43-2)18-27(25)37(41)42/h3-18,30H,19H2,1-2H3,(H2,33,35,40). The number of hydrogen-bond acceptors (Lipinski definition) is 7. The van der Waals surface area contributed by atoms with E-state index in [1.54, 1.807) is 36.4 Å². The number of fused-ring (bicyclic) bond motifs is 1. The minimum atomic E-state index is -1.47. The van der Waals surface area contributed by atoms with Gasteiger partial charge in [-0.3, -0.25) is 19.7 Å². The lowest BCUT2D eigenvalue weighted by Crippen LogP contribution is -2.50. The number of hydrogen-bond donors (Lipinski definition) is 2. The number of ether oxygens (including phenoxy) is 1. The molecule has 1 aliphatic heterocycles. The van der Waals surface area contributed by atoms with E-state index in [0.29, 0.717) is 28.1 Å². The Kier molecular flexibility index (Phi) is 8.24. The molecule has 0 aromatic heterocycles. The number of rotatable bonds is 8. The van der Waals surface area contributed by atoms with E-state index in [0.717, 1.165) is 5.56 Å². The van der Waals surface area contributed by atoms with Crippen LogP contribution >= 0.6 is 0 Å². The minimum absolute atomic E-state index is 0.105. The minimum Gasteiger partial charge on any atom is -0.496 e. The summed E-state index contributed by atoms with van der Waals surface area (Å²) in [5.74, 6) is -0.707. The Balaban J connectivity index is 1.54. The maximum atomic E-state index is 14.1. The molecule has 11 heteroatoms. The first kappa shape index (κ1) is 28.7. The summed E-state index contributed by atoms with van der Waals surface area (Å²) in [5, 5.41) is 16.6. The van der Waals surface area contributed by atoms with Crippen LogP contribution in [0.3, 0.4) is 0 Å². The number of urea groups is 1. The molecule has 0 fully saturated rings. The number of Topliss-reactive ketones (excluding diaryl/α,β-unsaturated/α-hetero) is 1. The van der Waals surface area contributed by atoms with E-state index in [2.05, 4.69) is 15.6 Å². The molecular formula is C32H27N5O6. The quantitative estimate of drug-likeness (QED) is 0.169. The van der Waals surface area contributed by atoms with Crippen LogP contribution in [0.2, 0.25) is 0 Å². The van der Waals surface area contributed by atoms with Crippen LogP contribution in [0.25, 0.3) is 0 Å². The van der Waals surface area contributed by atoms with E-state index in [4.69, 9.17) is 4.74 Å². The van der Waals surface area contributed by atoms with E-state index in [9.17, 15) is 24.5 Å². The lowest BCUT2D eigenvalue weighted by Gasteiger charge is -2.25. The third-order valence-corrected chi connectivity index (χ3v) is 6.92. The van der Waals surface area contributed by atoms with Crippen molar-refractivity contribution >= 4 is 40.5 Å². The normalized spacial score (nSPS) is 14.2. The van der Waals surface area contributed by atoms with E-state index in [1.165, 1.54) is 30.2 Å². The number of aliphatic imine (C=N–C) groups is 1. The topological polar surface area (TPSA) is 143 Å². The molecule has 2 N–H and O–H groups in total. The van der Waals surface area contributed by atoms with E-state index >= 15 is 0 Å². The number of aryl methyl sites for hydroxylation is 1. The summed E-state index contributed by atoms with van der Waals surface area (Å²) in [7, 11) is 1.37. The van der Waals surface area contributed by atoms with Crippen LogP contribution < -0.4 is 20.3 Å². The summed E-state index contributed by atoms with van der Waals surface area (Å²) in [5.41, 5.74) is 2.89. The molecule has 5 rings (SSSR count). The van der Waals surface area contributed by atoms with Crippen molar-refractivity contribution in [3.05, 3.63) is 129 Å². The van der Waals surface area contributed by atoms with Crippen molar-refractivity contribution in [2.45, 2.75) is 13.1 Å². The third kappa shape index (κ3) is 6.10. The number of amides is 3. The van der Waals surface area contributed by atoms with Gasteiger partial charge in [-0.1, -0.05) is 72.8 Å². The van der Waals surface area contributed by atoms with Crippen LogP contribution in [-0.4, -0.2) is 48.2 Å². The Hall–Kier alpha value is -5.84. The Morgan fingerprint density at radius 2 is 1.67 bits per heavy atom. The summed E-state index contributed by atoms with van der Waals surface area (Å²) < 4.78 is 5.05. The summed E-state index contributed by atoms with van der Waals surface area (Å²) in [4.78, 5) is 57.7. The molecule has 216 valence electrons. The first-order valence-electron chi connectivity index (χ1n) is 13.3. The first-order chi connectivity index (χ1) is 20.8. The number of methoxy groups -OCH3 is 1. The van der Waals surface area contributed by atoms with Crippen molar-refractivity contribution in [2.75, 3.05) is 23.9 Å². The van der Waals surface area contributed by atoms with Crippen molar-refractivity contribution in [2.24, 2.45) is 4.99 Å². The van der Waals surface area contributed by atoms with E-state index in [1.807, 2.05) is 49.4 Å². The Morgan fingerprint density at radius 1 is 0.977 bits per heavy atom. The van der Waals surface area contributed by atoms with Gasteiger partial charge in [0.25, 0.3) is 11.6 Å². The number of nitro benzene ring substituents is 1. The predicted octanol–water partition coefficient (Wildman–Crippen LogP) is 5.13. The number of benzene rings is 4. The Bertz CT molecular complexity index is 1750. The molecule has 1 atom stereocenters. The predicted molar refractivity (Wildman–Crippen MR) is 162 cm³/mol. The number of nitrogens with one attached hydrogen (secondary N) is 2. The lowest BCUT2D eigenvalue weighted by molar-refractivity contribution is -0.384. The van der Waals surface area contributed by atoms with Gasteiger partial charge in [0.1, 0.15) is 11.4 Å². The Labute approximate surface area is 247 Å². The molecule has 0 aliphatic carbocycles. The molecule has 11 nitrogen and oxygen atoms in total. The molecular weight excluding hydrogens is 550 g/mol. The maximum absolute atomic E-state index is 14.1. The number of ketones is 1. The fraction of sp³-hybridized carbons (Fsp3) is 0.125. The highest BCUT2D eigenvalue weighted by Crippen LogP contribution is 2.30. The zero-order chi connectivity index (χ0) is 30.5. The highest BCUT2D eigenvalue weighted by Gasteiger charge is 2.34. The summed E-state index contributed by atoms with van der Waals surface area (Å²) in [6, 6.07) is 26.4. The van der Waals surface area contributed by atoms with Crippen LogP contribution in [0, 0.1) is 17.0 Å². The first-order valence-corrected chi connectivity index (χ1v) is 13.3. The molecule has 1 unspecified atom stereocenters. The number of nitro groups is 1. The van der Waals surface area contributed by atoms with Crippen molar-refractivity contribution in [3.63, 3.8) is 0 Å². The number of anilines is 2. The zero-order valence-corrected chi connectivity index (χ0v) is 23.3. The number of para-hydroxylation sites is 1. The molecule has 4 aromatic rings.